The van der Waals surface area contributed by atoms with E-state index in [9.17, 15) is 0 Å². The van der Waals surface area contributed by atoms with Crippen LogP contribution in [0.5, 0.6) is 5.75 Å². The average Bonchev–Trinajstić information content (AvgIpc) is 3.20. The molecule has 5 nitrogen and oxygen atoms in total. The Balaban J connectivity index is 2.04. The minimum absolute atomic E-state index is 0.485. The third-order valence-corrected chi connectivity index (χ3v) is 3.63. The highest BCUT2D eigenvalue weighted by atomic mass is 32.1. The van der Waals surface area contributed by atoms with Gasteiger partial charge in [0.2, 0.25) is 5.95 Å². The quantitative estimate of drug-likeness (QED) is 0.872. The van der Waals surface area contributed by atoms with Gasteiger partial charge in [-0.3, -0.25) is 4.57 Å². The SMILES string of the molecule is COc1ccccc1N(C)c1n[nH]c(=S)n1C1CC1. The lowest BCUT2D eigenvalue weighted by Crippen LogP contribution is -2.16. The molecule has 2 aromatic rings. The largest absolute Gasteiger partial charge is 0.495 e. The van der Waals surface area contributed by atoms with Crippen molar-refractivity contribution in [3.05, 3.63) is 29.0 Å². The summed E-state index contributed by atoms with van der Waals surface area (Å²) in [6.45, 7) is 0. The molecular formula is C13H16N4OS. The fourth-order valence-electron chi connectivity index (χ4n) is 2.21. The van der Waals surface area contributed by atoms with Crippen LogP contribution in [0.1, 0.15) is 18.9 Å². The molecule has 3 rings (SSSR count). The van der Waals surface area contributed by atoms with Crippen molar-refractivity contribution in [1.82, 2.24) is 14.8 Å². The number of nitrogens with zero attached hydrogens (tertiary/aromatic N) is 3. The number of benzene rings is 1. The van der Waals surface area contributed by atoms with Crippen molar-refractivity contribution in [1.29, 1.82) is 0 Å². The van der Waals surface area contributed by atoms with Crippen molar-refractivity contribution in [2.24, 2.45) is 0 Å². The van der Waals surface area contributed by atoms with Gasteiger partial charge in [0.05, 0.1) is 12.8 Å². The van der Waals surface area contributed by atoms with Crippen LogP contribution in [0.2, 0.25) is 0 Å². The molecule has 0 unspecified atom stereocenters. The van der Waals surface area contributed by atoms with Gasteiger partial charge in [-0.15, -0.1) is 5.10 Å². The van der Waals surface area contributed by atoms with Crippen LogP contribution in [0, 0.1) is 4.77 Å². The number of rotatable bonds is 4. The summed E-state index contributed by atoms with van der Waals surface area (Å²) in [4.78, 5) is 2.00. The van der Waals surface area contributed by atoms with E-state index in [1.54, 1.807) is 7.11 Å². The molecule has 100 valence electrons. The summed E-state index contributed by atoms with van der Waals surface area (Å²) in [5.41, 5.74) is 0.973. The van der Waals surface area contributed by atoms with Gasteiger partial charge in [0, 0.05) is 13.1 Å². The topological polar surface area (TPSA) is 46.1 Å². The van der Waals surface area contributed by atoms with Crippen LogP contribution in [0.4, 0.5) is 11.6 Å². The summed E-state index contributed by atoms with van der Waals surface area (Å²) < 4.78 is 8.16. The molecule has 1 heterocycles. The second-order valence-electron chi connectivity index (χ2n) is 4.66. The van der Waals surface area contributed by atoms with E-state index < -0.39 is 0 Å². The van der Waals surface area contributed by atoms with E-state index in [1.165, 1.54) is 12.8 Å². The van der Waals surface area contributed by atoms with Crippen molar-refractivity contribution < 1.29 is 4.74 Å². The second-order valence-corrected chi connectivity index (χ2v) is 5.05. The van der Waals surface area contributed by atoms with Gasteiger partial charge in [0.25, 0.3) is 0 Å². The van der Waals surface area contributed by atoms with Gasteiger partial charge in [0.15, 0.2) is 4.77 Å². The molecule has 6 heteroatoms. The molecular weight excluding hydrogens is 260 g/mol. The summed E-state index contributed by atoms with van der Waals surface area (Å²) in [5.74, 6) is 1.65. The van der Waals surface area contributed by atoms with Gasteiger partial charge >= 0.3 is 0 Å². The van der Waals surface area contributed by atoms with E-state index in [2.05, 4.69) is 14.8 Å². The Labute approximate surface area is 116 Å². The third-order valence-electron chi connectivity index (χ3n) is 3.34. The molecule has 1 aromatic heterocycles. The smallest absolute Gasteiger partial charge is 0.230 e. The number of nitrogens with one attached hydrogen (secondary N) is 1. The van der Waals surface area contributed by atoms with Crippen molar-refractivity contribution in [2.75, 3.05) is 19.1 Å². The first kappa shape index (κ1) is 12.2. The molecule has 1 saturated carbocycles. The van der Waals surface area contributed by atoms with Gasteiger partial charge in [-0.1, -0.05) is 12.1 Å². The van der Waals surface area contributed by atoms with Crippen LogP contribution >= 0.6 is 12.2 Å². The highest BCUT2D eigenvalue weighted by Gasteiger charge is 2.29. The zero-order chi connectivity index (χ0) is 13.4. The standard InChI is InChI=1S/C13H16N4OS/c1-16(10-5-3-4-6-11(10)18-2)12-14-15-13(19)17(12)9-7-8-9/h3-6,9H,7-8H2,1-2H3,(H,15,19). The van der Waals surface area contributed by atoms with Crippen LogP contribution in [0.15, 0.2) is 24.3 Å². The number of aromatic amines is 1. The molecule has 0 saturated heterocycles. The number of para-hydroxylation sites is 2. The van der Waals surface area contributed by atoms with E-state index in [1.807, 2.05) is 36.2 Å². The van der Waals surface area contributed by atoms with Crippen LogP contribution in [-0.4, -0.2) is 28.9 Å². The highest BCUT2D eigenvalue weighted by Crippen LogP contribution is 2.40. The van der Waals surface area contributed by atoms with Gasteiger partial charge in [-0.2, -0.15) is 0 Å². The monoisotopic (exact) mass is 276 g/mol. The molecule has 1 N–H and O–H groups in total. The lowest BCUT2D eigenvalue weighted by Gasteiger charge is -2.21. The molecule has 0 spiro atoms. The minimum Gasteiger partial charge on any atom is -0.495 e. The Morgan fingerprint density at radius 2 is 2.16 bits per heavy atom. The number of hydrogen-bond acceptors (Lipinski definition) is 4. The maximum Gasteiger partial charge on any atom is 0.230 e. The Morgan fingerprint density at radius 3 is 2.84 bits per heavy atom. The molecule has 1 aromatic carbocycles. The fourth-order valence-corrected chi connectivity index (χ4v) is 2.49. The van der Waals surface area contributed by atoms with Crippen molar-refractivity contribution in [3.8, 4) is 5.75 Å². The first-order valence-electron chi connectivity index (χ1n) is 6.26. The van der Waals surface area contributed by atoms with Crippen molar-refractivity contribution in [2.45, 2.75) is 18.9 Å². The summed E-state index contributed by atoms with van der Waals surface area (Å²) in [6, 6.07) is 8.37. The number of H-pyrrole nitrogens is 1. The van der Waals surface area contributed by atoms with Gasteiger partial charge in [-0.05, 0) is 37.2 Å². The summed E-state index contributed by atoms with van der Waals surface area (Å²) in [6.07, 6.45) is 2.33. The predicted molar refractivity (Wildman–Crippen MR) is 76.7 cm³/mol. The number of anilines is 2. The number of methoxy groups -OCH3 is 1. The van der Waals surface area contributed by atoms with Crippen LogP contribution in [-0.2, 0) is 0 Å². The van der Waals surface area contributed by atoms with Crippen LogP contribution < -0.4 is 9.64 Å². The van der Waals surface area contributed by atoms with E-state index in [0.717, 1.165) is 17.4 Å². The fraction of sp³-hybridized carbons (Fsp3) is 0.385. The highest BCUT2D eigenvalue weighted by molar-refractivity contribution is 7.71. The second kappa shape index (κ2) is 4.70. The Kier molecular flexibility index (Phi) is 3.02. The third kappa shape index (κ3) is 2.12. The van der Waals surface area contributed by atoms with Crippen LogP contribution in [0.25, 0.3) is 0 Å². The van der Waals surface area contributed by atoms with E-state index in [-0.39, 0.29) is 0 Å². The van der Waals surface area contributed by atoms with E-state index in [0.29, 0.717) is 10.8 Å². The number of hydrogen-bond donors (Lipinski definition) is 1. The van der Waals surface area contributed by atoms with Crippen LogP contribution in [0.3, 0.4) is 0 Å². The molecule has 1 aliphatic rings. The lowest BCUT2D eigenvalue weighted by molar-refractivity contribution is 0.415. The zero-order valence-electron chi connectivity index (χ0n) is 11.0. The average molecular weight is 276 g/mol. The molecule has 0 amide bonds. The molecule has 0 radical (unpaired) electrons. The first-order valence-corrected chi connectivity index (χ1v) is 6.67. The van der Waals surface area contributed by atoms with Crippen molar-refractivity contribution >= 4 is 23.9 Å². The normalized spacial score (nSPS) is 14.4. The Hall–Kier alpha value is -1.82. The summed E-state index contributed by atoms with van der Waals surface area (Å²) >= 11 is 5.31. The number of aromatic nitrogens is 3. The molecule has 0 atom stereocenters. The maximum atomic E-state index is 5.40. The molecule has 1 aliphatic carbocycles. The predicted octanol–water partition coefficient (Wildman–Crippen LogP) is 3.05. The Bertz CT molecular complexity index is 644. The lowest BCUT2D eigenvalue weighted by atomic mass is 10.3. The minimum atomic E-state index is 0.485. The maximum absolute atomic E-state index is 5.40. The van der Waals surface area contributed by atoms with E-state index in [4.69, 9.17) is 17.0 Å². The Morgan fingerprint density at radius 1 is 1.42 bits per heavy atom. The molecule has 1 fully saturated rings. The first-order chi connectivity index (χ1) is 9.22. The molecule has 19 heavy (non-hydrogen) atoms. The van der Waals surface area contributed by atoms with Gasteiger partial charge < -0.3 is 9.64 Å². The summed E-state index contributed by atoms with van der Waals surface area (Å²) in [7, 11) is 3.65. The zero-order valence-corrected chi connectivity index (χ0v) is 11.8. The number of ether oxygens (including phenoxy) is 1. The summed E-state index contributed by atoms with van der Waals surface area (Å²) in [5, 5.41) is 7.22. The molecule has 0 bridgehead atoms. The van der Waals surface area contributed by atoms with Crippen molar-refractivity contribution in [3.63, 3.8) is 0 Å². The van der Waals surface area contributed by atoms with Gasteiger partial charge in [-0.25, -0.2) is 5.10 Å². The molecule has 0 aliphatic heterocycles. The van der Waals surface area contributed by atoms with Gasteiger partial charge in [0.1, 0.15) is 5.75 Å². The van der Waals surface area contributed by atoms with E-state index >= 15 is 0 Å².